The first-order valence-corrected chi connectivity index (χ1v) is 11.6. The number of carboxylic acid groups (broad SMARTS) is 1. The van der Waals surface area contributed by atoms with Crippen molar-refractivity contribution in [3.63, 3.8) is 0 Å². The first kappa shape index (κ1) is 29.5. The molecule has 0 aliphatic rings. The second-order valence-corrected chi connectivity index (χ2v) is 9.09. The summed E-state index contributed by atoms with van der Waals surface area (Å²) in [5.74, 6) is -0.890. The molecule has 0 fully saturated rings. The number of rotatable bonds is 11. The fourth-order valence-corrected chi connectivity index (χ4v) is 4.58. The van der Waals surface area contributed by atoms with Gasteiger partial charge in [-0.15, -0.1) is 0 Å². The highest BCUT2D eigenvalue weighted by Gasteiger charge is 2.45. The van der Waals surface area contributed by atoms with Gasteiger partial charge in [-0.1, -0.05) is 47.5 Å². The van der Waals surface area contributed by atoms with Gasteiger partial charge in [-0.05, 0) is 36.6 Å². The molecule has 198 valence electrons. The molecule has 12 heteroatoms. The molecule has 7 nitrogen and oxygen atoms in total. The van der Waals surface area contributed by atoms with Crippen molar-refractivity contribution < 1.29 is 37.7 Å². The fraction of sp³-hybridized carbons (Fsp3) is 0.417. The van der Waals surface area contributed by atoms with E-state index < -0.39 is 36.1 Å². The van der Waals surface area contributed by atoms with E-state index in [-0.39, 0.29) is 36.0 Å². The normalized spacial score (nSPS) is 14.0. The number of hydrogen-bond donors (Lipinski definition) is 3. The summed E-state index contributed by atoms with van der Waals surface area (Å²) >= 11 is 12.4. The predicted molar refractivity (Wildman–Crippen MR) is 130 cm³/mol. The van der Waals surface area contributed by atoms with Crippen LogP contribution in [0.4, 0.5) is 18.0 Å². The van der Waals surface area contributed by atoms with Crippen molar-refractivity contribution in [3.05, 3.63) is 63.6 Å². The smallest absolute Gasteiger partial charge is 0.405 e. The molecule has 3 N–H and O–H groups in total. The summed E-state index contributed by atoms with van der Waals surface area (Å²) in [5, 5.41) is 22.2. The Morgan fingerprint density at radius 3 is 2.36 bits per heavy atom. The number of aliphatic hydroxyl groups is 1. The van der Waals surface area contributed by atoms with Gasteiger partial charge in [-0.2, -0.15) is 13.2 Å². The Morgan fingerprint density at radius 1 is 1.14 bits per heavy atom. The number of ether oxygens (including phenoxy) is 1. The van der Waals surface area contributed by atoms with Gasteiger partial charge < -0.3 is 25.2 Å². The lowest BCUT2D eigenvalue weighted by Crippen LogP contribution is -2.51. The number of halogens is 5. The third-order valence-corrected chi connectivity index (χ3v) is 6.58. The largest absolute Gasteiger partial charge is 0.496 e. The molecule has 2 rings (SSSR count). The highest BCUT2D eigenvalue weighted by molar-refractivity contribution is 6.42. The SMILES string of the molecule is COc1ccccc1C(NC(=O)O)[C@](CCCO)(CN(C)C(=O)CC(F)(F)F)c1ccc(Cl)c(Cl)c1. The number of nitrogens with zero attached hydrogens (tertiary/aromatic N) is 1. The van der Waals surface area contributed by atoms with Gasteiger partial charge in [0.15, 0.2) is 0 Å². The van der Waals surface area contributed by atoms with Crippen molar-refractivity contribution in [1.29, 1.82) is 0 Å². The highest BCUT2D eigenvalue weighted by Crippen LogP contribution is 2.46. The third-order valence-electron chi connectivity index (χ3n) is 5.84. The molecular weight excluding hydrogens is 524 g/mol. The molecule has 1 unspecified atom stereocenters. The average molecular weight is 551 g/mol. The molecule has 0 aliphatic heterocycles. The van der Waals surface area contributed by atoms with Crippen LogP contribution in [0, 0.1) is 0 Å². The van der Waals surface area contributed by atoms with Crippen molar-refractivity contribution in [2.24, 2.45) is 0 Å². The number of alkyl halides is 3. The Balaban J connectivity index is 2.82. The maximum absolute atomic E-state index is 13.0. The Hall–Kier alpha value is -2.69. The minimum Gasteiger partial charge on any atom is -0.496 e. The van der Waals surface area contributed by atoms with Crippen LogP contribution in [-0.2, 0) is 10.2 Å². The molecule has 0 heterocycles. The second-order valence-electron chi connectivity index (χ2n) is 8.28. The quantitative estimate of drug-likeness (QED) is 0.346. The molecule has 2 aromatic rings. The van der Waals surface area contributed by atoms with E-state index in [1.54, 1.807) is 30.3 Å². The van der Waals surface area contributed by atoms with Gasteiger partial charge in [0.25, 0.3) is 0 Å². The van der Waals surface area contributed by atoms with E-state index in [4.69, 9.17) is 27.9 Å². The number of amides is 2. The predicted octanol–water partition coefficient (Wildman–Crippen LogP) is 5.43. The summed E-state index contributed by atoms with van der Waals surface area (Å²) in [5.41, 5.74) is -0.607. The summed E-state index contributed by atoms with van der Waals surface area (Å²) in [6.07, 6.45) is -7.64. The van der Waals surface area contributed by atoms with E-state index in [0.717, 1.165) is 4.90 Å². The van der Waals surface area contributed by atoms with Gasteiger partial charge in [0, 0.05) is 31.2 Å². The van der Waals surface area contributed by atoms with E-state index in [0.29, 0.717) is 16.9 Å². The van der Waals surface area contributed by atoms with E-state index in [1.807, 2.05) is 0 Å². The van der Waals surface area contributed by atoms with Crippen molar-refractivity contribution in [2.75, 3.05) is 27.3 Å². The van der Waals surface area contributed by atoms with Crippen LogP contribution in [0.2, 0.25) is 10.0 Å². The second kappa shape index (κ2) is 12.5. The molecule has 0 saturated heterocycles. The summed E-state index contributed by atoms with van der Waals surface area (Å²) in [6.45, 7) is -0.641. The first-order valence-electron chi connectivity index (χ1n) is 10.8. The van der Waals surface area contributed by atoms with E-state index in [2.05, 4.69) is 5.32 Å². The summed E-state index contributed by atoms with van der Waals surface area (Å²) in [7, 11) is 2.60. The number of carbonyl (C=O) groups is 2. The van der Waals surface area contributed by atoms with Crippen LogP contribution in [0.1, 0.15) is 36.4 Å². The lowest BCUT2D eigenvalue weighted by Gasteiger charge is -2.44. The van der Waals surface area contributed by atoms with E-state index >= 15 is 0 Å². The van der Waals surface area contributed by atoms with Gasteiger partial charge in [0.2, 0.25) is 5.91 Å². The van der Waals surface area contributed by atoms with Gasteiger partial charge in [-0.3, -0.25) is 4.79 Å². The zero-order chi connectivity index (χ0) is 27.1. The van der Waals surface area contributed by atoms with Crippen molar-refractivity contribution >= 4 is 35.2 Å². The maximum atomic E-state index is 13.0. The molecule has 0 aromatic heterocycles. The number of benzene rings is 2. The average Bonchev–Trinajstić information content (AvgIpc) is 2.80. The Morgan fingerprint density at radius 2 is 1.81 bits per heavy atom. The van der Waals surface area contributed by atoms with Crippen molar-refractivity contribution in [3.8, 4) is 5.75 Å². The van der Waals surface area contributed by atoms with Gasteiger partial charge >= 0.3 is 12.3 Å². The molecule has 2 atom stereocenters. The van der Waals surface area contributed by atoms with Crippen LogP contribution >= 0.6 is 23.2 Å². The van der Waals surface area contributed by atoms with Crippen LogP contribution in [0.5, 0.6) is 5.75 Å². The Kier molecular flexibility index (Phi) is 10.3. The molecule has 0 bridgehead atoms. The monoisotopic (exact) mass is 550 g/mol. The van der Waals surface area contributed by atoms with Crippen LogP contribution in [0.25, 0.3) is 0 Å². The van der Waals surface area contributed by atoms with Crippen LogP contribution in [-0.4, -0.2) is 60.6 Å². The van der Waals surface area contributed by atoms with Crippen molar-refractivity contribution in [2.45, 2.75) is 36.9 Å². The zero-order valence-electron chi connectivity index (χ0n) is 19.6. The zero-order valence-corrected chi connectivity index (χ0v) is 21.1. The third kappa shape index (κ3) is 7.41. The number of hydrogen-bond acceptors (Lipinski definition) is 4. The van der Waals surface area contributed by atoms with Crippen LogP contribution in [0.3, 0.4) is 0 Å². The molecule has 2 amide bonds. The molecule has 36 heavy (non-hydrogen) atoms. The number of para-hydroxylation sites is 1. The summed E-state index contributed by atoms with van der Waals surface area (Å²) in [6, 6.07) is 9.94. The number of aliphatic hydroxyl groups excluding tert-OH is 1. The Bertz CT molecular complexity index is 1070. The first-order chi connectivity index (χ1) is 16.8. The summed E-state index contributed by atoms with van der Waals surface area (Å²) in [4.78, 5) is 25.4. The molecule has 0 spiro atoms. The minimum atomic E-state index is -4.73. The molecule has 2 aromatic carbocycles. The fourth-order valence-electron chi connectivity index (χ4n) is 4.28. The highest BCUT2D eigenvalue weighted by atomic mass is 35.5. The lowest BCUT2D eigenvalue weighted by atomic mass is 9.68. The molecular formula is C24H27Cl2F3N2O5. The summed E-state index contributed by atoms with van der Waals surface area (Å²) < 4.78 is 44.4. The number of methoxy groups -OCH3 is 1. The van der Waals surface area contributed by atoms with Crippen LogP contribution in [0.15, 0.2) is 42.5 Å². The number of likely N-dealkylation sites (N-methyl/N-ethyl adjacent to an activating group) is 1. The van der Waals surface area contributed by atoms with Crippen molar-refractivity contribution in [1.82, 2.24) is 10.2 Å². The minimum absolute atomic E-state index is 0.0636. The van der Waals surface area contributed by atoms with Gasteiger partial charge in [0.05, 0.1) is 23.2 Å². The standard InChI is InChI=1S/C24H27Cl2F3N2O5/c1-31(20(33)13-24(27,28)29)14-23(10-5-11-32,15-8-9-17(25)18(26)12-15)21(30-22(34)35)16-6-3-4-7-19(16)36-2/h3-4,6-9,12,21,30,32H,5,10-11,13-14H2,1-2H3,(H,34,35)/t21?,23-/m1/s1. The van der Waals surface area contributed by atoms with Gasteiger partial charge in [-0.25, -0.2) is 4.79 Å². The Labute approximate surface area is 216 Å². The number of carbonyl (C=O) groups excluding carboxylic acids is 1. The van der Waals surface area contributed by atoms with Gasteiger partial charge in [0.1, 0.15) is 12.2 Å². The van der Waals surface area contributed by atoms with E-state index in [1.165, 1.54) is 26.3 Å². The molecule has 0 aliphatic carbocycles. The molecule has 0 saturated carbocycles. The number of nitrogens with one attached hydrogen (secondary N) is 1. The lowest BCUT2D eigenvalue weighted by molar-refractivity contribution is -0.161. The maximum Gasteiger partial charge on any atom is 0.405 e. The van der Waals surface area contributed by atoms with Crippen LogP contribution < -0.4 is 10.1 Å². The molecule has 0 radical (unpaired) electrons. The topological polar surface area (TPSA) is 99.1 Å². The van der Waals surface area contributed by atoms with E-state index in [9.17, 15) is 33.0 Å².